The molecule has 0 radical (unpaired) electrons. The molecule has 2 rings (SSSR count). The first-order valence-corrected chi connectivity index (χ1v) is 6.84. The largest absolute Gasteiger partial charge is 0.484 e. The third-order valence-electron chi connectivity index (χ3n) is 3.00. The predicted octanol–water partition coefficient (Wildman–Crippen LogP) is 2.07. The van der Waals surface area contributed by atoms with Gasteiger partial charge in [0.25, 0.3) is 5.91 Å². The highest BCUT2D eigenvalue weighted by atomic mass is 79.9. The van der Waals surface area contributed by atoms with Gasteiger partial charge in [0, 0.05) is 30.1 Å². The minimum atomic E-state index is 0. The van der Waals surface area contributed by atoms with Gasteiger partial charge in [0.15, 0.2) is 6.61 Å². The number of halogens is 2. The second-order valence-corrected chi connectivity index (χ2v) is 5.30. The summed E-state index contributed by atoms with van der Waals surface area (Å²) < 4.78 is 6.49. The summed E-state index contributed by atoms with van der Waals surface area (Å²) in [6.45, 7) is 4.61. The number of ether oxygens (including phenoxy) is 1. The normalized spacial score (nSPS) is 18.6. The van der Waals surface area contributed by atoms with Crippen molar-refractivity contribution in [3.63, 3.8) is 0 Å². The molecule has 1 heterocycles. The van der Waals surface area contributed by atoms with Crippen LogP contribution >= 0.6 is 28.3 Å². The highest BCUT2D eigenvalue weighted by molar-refractivity contribution is 9.10. The first-order valence-electron chi connectivity index (χ1n) is 6.05. The zero-order valence-corrected chi connectivity index (χ0v) is 13.2. The van der Waals surface area contributed by atoms with Crippen molar-refractivity contribution < 1.29 is 9.53 Å². The molecule has 0 spiro atoms. The SMILES string of the molecule is C[C@H]1CNCCN1C(=O)COc1ccc(Br)cc1.Cl. The molecule has 0 aromatic heterocycles. The van der Waals surface area contributed by atoms with Gasteiger partial charge in [-0.25, -0.2) is 0 Å². The third-order valence-corrected chi connectivity index (χ3v) is 3.53. The average molecular weight is 350 g/mol. The van der Waals surface area contributed by atoms with E-state index in [1.165, 1.54) is 0 Å². The van der Waals surface area contributed by atoms with Gasteiger partial charge in [0.05, 0.1) is 0 Å². The summed E-state index contributed by atoms with van der Waals surface area (Å²) in [6.07, 6.45) is 0. The number of amides is 1. The third kappa shape index (κ3) is 4.67. The van der Waals surface area contributed by atoms with Crippen LogP contribution in [0.1, 0.15) is 6.92 Å². The molecule has 1 aliphatic rings. The Morgan fingerprint density at radius 2 is 2.16 bits per heavy atom. The molecule has 1 amide bonds. The van der Waals surface area contributed by atoms with Crippen LogP contribution in [-0.4, -0.2) is 43.1 Å². The molecule has 1 aromatic carbocycles. The van der Waals surface area contributed by atoms with Crippen LogP contribution in [0, 0.1) is 0 Å². The van der Waals surface area contributed by atoms with Gasteiger partial charge >= 0.3 is 0 Å². The summed E-state index contributed by atoms with van der Waals surface area (Å²) in [4.78, 5) is 13.9. The van der Waals surface area contributed by atoms with Gasteiger partial charge in [-0.3, -0.25) is 4.79 Å². The van der Waals surface area contributed by atoms with Crippen molar-refractivity contribution in [2.45, 2.75) is 13.0 Å². The number of hydrogen-bond donors (Lipinski definition) is 1. The van der Waals surface area contributed by atoms with E-state index in [0.717, 1.165) is 24.1 Å². The van der Waals surface area contributed by atoms with Gasteiger partial charge in [-0.1, -0.05) is 15.9 Å². The molecule has 1 atom stereocenters. The Labute approximate surface area is 128 Å². The number of hydrogen-bond acceptors (Lipinski definition) is 3. The van der Waals surface area contributed by atoms with E-state index in [-0.39, 0.29) is 31.0 Å². The van der Waals surface area contributed by atoms with Gasteiger partial charge in [-0.2, -0.15) is 0 Å². The molecule has 4 nitrogen and oxygen atoms in total. The van der Waals surface area contributed by atoms with Gasteiger partial charge < -0.3 is 15.0 Å². The maximum absolute atomic E-state index is 12.0. The summed E-state index contributed by atoms with van der Waals surface area (Å²) in [5.74, 6) is 0.765. The second kappa shape index (κ2) is 7.72. The van der Waals surface area contributed by atoms with Crippen molar-refractivity contribution in [1.29, 1.82) is 0 Å². The van der Waals surface area contributed by atoms with Crippen LogP contribution in [0.5, 0.6) is 5.75 Å². The van der Waals surface area contributed by atoms with Gasteiger partial charge in [-0.15, -0.1) is 12.4 Å². The molecule has 0 unspecified atom stereocenters. The summed E-state index contributed by atoms with van der Waals surface area (Å²) in [5.41, 5.74) is 0. The lowest BCUT2D eigenvalue weighted by Gasteiger charge is -2.33. The monoisotopic (exact) mass is 348 g/mol. The molecule has 1 fully saturated rings. The number of nitrogens with zero attached hydrogens (tertiary/aromatic N) is 1. The molecular weight excluding hydrogens is 332 g/mol. The van der Waals surface area contributed by atoms with Gasteiger partial charge in [-0.05, 0) is 31.2 Å². The topological polar surface area (TPSA) is 41.6 Å². The number of piperazine rings is 1. The Kier molecular flexibility index (Phi) is 6.62. The maximum Gasteiger partial charge on any atom is 0.260 e. The van der Waals surface area contributed by atoms with Gasteiger partial charge in [0.2, 0.25) is 0 Å². The van der Waals surface area contributed by atoms with Gasteiger partial charge in [0.1, 0.15) is 5.75 Å². The van der Waals surface area contributed by atoms with Crippen LogP contribution in [-0.2, 0) is 4.79 Å². The van der Waals surface area contributed by atoms with E-state index >= 15 is 0 Å². The second-order valence-electron chi connectivity index (χ2n) is 4.38. The molecule has 106 valence electrons. The van der Waals surface area contributed by atoms with E-state index in [0.29, 0.717) is 5.75 Å². The minimum absolute atomic E-state index is 0. The fraction of sp³-hybridized carbons (Fsp3) is 0.462. The Morgan fingerprint density at radius 1 is 1.47 bits per heavy atom. The molecule has 1 saturated heterocycles. The van der Waals surface area contributed by atoms with Crippen LogP contribution in [0.25, 0.3) is 0 Å². The smallest absolute Gasteiger partial charge is 0.260 e. The number of carbonyl (C=O) groups excluding carboxylic acids is 1. The van der Waals surface area contributed by atoms with Crippen molar-refractivity contribution >= 4 is 34.2 Å². The first kappa shape index (κ1) is 16.3. The van der Waals surface area contributed by atoms with Crippen molar-refractivity contribution in [3.8, 4) is 5.75 Å². The highest BCUT2D eigenvalue weighted by Crippen LogP contribution is 2.16. The summed E-state index contributed by atoms with van der Waals surface area (Å²) in [7, 11) is 0. The number of rotatable bonds is 3. The molecule has 19 heavy (non-hydrogen) atoms. The number of carbonyl (C=O) groups is 1. The van der Waals surface area contributed by atoms with E-state index < -0.39 is 0 Å². The van der Waals surface area contributed by atoms with Crippen LogP contribution in [0.3, 0.4) is 0 Å². The van der Waals surface area contributed by atoms with Crippen LogP contribution < -0.4 is 10.1 Å². The zero-order valence-electron chi connectivity index (χ0n) is 10.8. The summed E-state index contributed by atoms with van der Waals surface area (Å²) >= 11 is 3.36. The summed E-state index contributed by atoms with van der Waals surface area (Å²) in [5, 5.41) is 3.26. The van der Waals surface area contributed by atoms with E-state index in [2.05, 4.69) is 21.2 Å². The molecule has 6 heteroatoms. The number of nitrogens with one attached hydrogen (secondary N) is 1. The quantitative estimate of drug-likeness (QED) is 0.908. The molecule has 1 N–H and O–H groups in total. The molecule has 1 aromatic rings. The minimum Gasteiger partial charge on any atom is -0.484 e. The fourth-order valence-electron chi connectivity index (χ4n) is 1.97. The standard InChI is InChI=1S/C13H17BrN2O2.ClH/c1-10-8-15-6-7-16(10)13(17)9-18-12-4-2-11(14)3-5-12;/h2-5,10,15H,6-9H2,1H3;1H/t10-;/m0./s1. The van der Waals surface area contributed by atoms with E-state index in [1.54, 1.807) is 0 Å². The zero-order chi connectivity index (χ0) is 13.0. The molecular formula is C13H18BrClN2O2. The molecule has 0 saturated carbocycles. The molecule has 1 aliphatic heterocycles. The lowest BCUT2D eigenvalue weighted by Crippen LogP contribution is -2.53. The first-order chi connectivity index (χ1) is 8.66. The Morgan fingerprint density at radius 3 is 2.79 bits per heavy atom. The Bertz CT molecular complexity index is 414. The van der Waals surface area contributed by atoms with Crippen molar-refractivity contribution in [3.05, 3.63) is 28.7 Å². The lowest BCUT2D eigenvalue weighted by atomic mass is 10.2. The predicted molar refractivity (Wildman–Crippen MR) is 80.9 cm³/mol. The van der Waals surface area contributed by atoms with E-state index in [1.807, 2.05) is 36.1 Å². The van der Waals surface area contributed by atoms with Crippen molar-refractivity contribution in [2.24, 2.45) is 0 Å². The van der Waals surface area contributed by atoms with Crippen LogP contribution in [0.15, 0.2) is 28.7 Å². The highest BCUT2D eigenvalue weighted by Gasteiger charge is 2.22. The summed E-state index contributed by atoms with van der Waals surface area (Å²) in [6, 6.07) is 7.72. The average Bonchev–Trinajstić information content (AvgIpc) is 2.38. The number of benzene rings is 1. The van der Waals surface area contributed by atoms with Crippen LogP contribution in [0.4, 0.5) is 0 Å². The Hall–Kier alpha value is -0.780. The molecule has 0 aliphatic carbocycles. The fourth-order valence-corrected chi connectivity index (χ4v) is 2.23. The Balaban J connectivity index is 0.00000180. The maximum atomic E-state index is 12.0. The lowest BCUT2D eigenvalue weighted by molar-refractivity contribution is -0.136. The van der Waals surface area contributed by atoms with Crippen molar-refractivity contribution in [2.75, 3.05) is 26.2 Å². The van der Waals surface area contributed by atoms with E-state index in [4.69, 9.17) is 4.74 Å². The van der Waals surface area contributed by atoms with Crippen LogP contribution in [0.2, 0.25) is 0 Å². The van der Waals surface area contributed by atoms with Crippen molar-refractivity contribution in [1.82, 2.24) is 10.2 Å². The van der Waals surface area contributed by atoms with E-state index in [9.17, 15) is 4.79 Å². The molecule has 0 bridgehead atoms.